The molecule has 0 saturated heterocycles. The summed E-state index contributed by atoms with van der Waals surface area (Å²) < 4.78 is 37.1. The average molecular weight is 383 g/mol. The first-order valence-corrected chi connectivity index (χ1v) is 9.25. The topological polar surface area (TPSA) is 93.7 Å². The number of carbonyl (C=O) groups is 1. The smallest absolute Gasteiger partial charge is 0.242 e. The van der Waals surface area contributed by atoms with Crippen molar-refractivity contribution in [2.45, 2.75) is 11.3 Å². The lowest BCUT2D eigenvalue weighted by atomic mass is 10.2. The number of fused-ring (bicyclic) bond motifs is 1. The predicted octanol–water partition coefficient (Wildman–Crippen LogP) is 2.38. The predicted molar refractivity (Wildman–Crippen MR) is 92.5 cm³/mol. The van der Waals surface area contributed by atoms with E-state index in [0.717, 1.165) is 0 Å². The summed E-state index contributed by atoms with van der Waals surface area (Å²) in [5.74, 6) is 0.837. The quantitative estimate of drug-likeness (QED) is 0.800. The molecule has 0 bridgehead atoms. The van der Waals surface area contributed by atoms with Crippen molar-refractivity contribution in [2.75, 3.05) is 18.7 Å². The normalized spacial score (nSPS) is 12.8. The van der Waals surface area contributed by atoms with Crippen molar-refractivity contribution in [1.82, 2.24) is 4.72 Å². The Morgan fingerprint density at radius 1 is 1.12 bits per heavy atom. The maximum Gasteiger partial charge on any atom is 0.242 e. The van der Waals surface area contributed by atoms with E-state index in [9.17, 15) is 13.2 Å². The number of rotatable bonds is 6. The standard InChI is InChI=1S/C16H15ClN2O5S/c17-12-3-1-2-4-15(12)25(21,22)18-8-7-16(20)19-11-5-6-13-14(9-11)24-10-23-13/h1-6,9,18H,7-8,10H2,(H,19,20). The van der Waals surface area contributed by atoms with Gasteiger partial charge in [0.2, 0.25) is 22.7 Å². The molecule has 1 heterocycles. The number of nitrogens with one attached hydrogen (secondary N) is 2. The van der Waals surface area contributed by atoms with Crippen molar-refractivity contribution in [3.63, 3.8) is 0 Å². The summed E-state index contributed by atoms with van der Waals surface area (Å²) in [7, 11) is -3.77. The number of halogens is 1. The fourth-order valence-electron chi connectivity index (χ4n) is 2.24. The van der Waals surface area contributed by atoms with Crippen LogP contribution in [-0.4, -0.2) is 27.7 Å². The first kappa shape index (κ1) is 17.5. The number of hydrogen-bond acceptors (Lipinski definition) is 5. The van der Waals surface area contributed by atoms with Crippen LogP contribution in [0, 0.1) is 0 Å². The van der Waals surface area contributed by atoms with Crippen molar-refractivity contribution in [1.29, 1.82) is 0 Å². The lowest BCUT2D eigenvalue weighted by Crippen LogP contribution is -2.28. The number of carbonyl (C=O) groups excluding carboxylic acids is 1. The molecule has 2 aromatic rings. The molecule has 3 rings (SSSR count). The molecule has 1 aliphatic rings. The monoisotopic (exact) mass is 382 g/mol. The molecule has 7 nitrogen and oxygen atoms in total. The highest BCUT2D eigenvalue weighted by Crippen LogP contribution is 2.34. The van der Waals surface area contributed by atoms with Gasteiger partial charge in [0.05, 0.1) is 5.02 Å². The van der Waals surface area contributed by atoms with E-state index in [1.165, 1.54) is 12.1 Å². The molecule has 25 heavy (non-hydrogen) atoms. The Kier molecular flexibility index (Phi) is 5.12. The minimum absolute atomic E-state index is 0.0205. The van der Waals surface area contributed by atoms with Crippen LogP contribution in [0.3, 0.4) is 0 Å². The summed E-state index contributed by atoms with van der Waals surface area (Å²) in [4.78, 5) is 11.9. The van der Waals surface area contributed by atoms with Gasteiger partial charge < -0.3 is 14.8 Å². The molecule has 0 fully saturated rings. The van der Waals surface area contributed by atoms with Crippen LogP contribution < -0.4 is 19.5 Å². The van der Waals surface area contributed by atoms with Gasteiger partial charge in [-0.2, -0.15) is 0 Å². The van der Waals surface area contributed by atoms with E-state index in [2.05, 4.69) is 10.0 Å². The van der Waals surface area contributed by atoms with Gasteiger partial charge in [0.15, 0.2) is 11.5 Å². The van der Waals surface area contributed by atoms with Gasteiger partial charge in [0.1, 0.15) is 4.90 Å². The fourth-order valence-corrected chi connectivity index (χ4v) is 3.79. The van der Waals surface area contributed by atoms with E-state index >= 15 is 0 Å². The molecule has 0 aliphatic carbocycles. The van der Waals surface area contributed by atoms with Crippen LogP contribution >= 0.6 is 11.6 Å². The zero-order chi connectivity index (χ0) is 17.9. The number of hydrogen-bond donors (Lipinski definition) is 2. The molecule has 9 heteroatoms. The van der Waals surface area contributed by atoms with E-state index in [-0.39, 0.29) is 35.6 Å². The zero-order valence-electron chi connectivity index (χ0n) is 13.0. The third kappa shape index (κ3) is 4.22. The van der Waals surface area contributed by atoms with Gasteiger partial charge in [0.25, 0.3) is 0 Å². The maximum absolute atomic E-state index is 12.2. The van der Waals surface area contributed by atoms with Crippen molar-refractivity contribution in [3.05, 3.63) is 47.5 Å². The average Bonchev–Trinajstić information content (AvgIpc) is 3.02. The summed E-state index contributed by atoms with van der Waals surface area (Å²) in [6.45, 7) is 0.0977. The van der Waals surface area contributed by atoms with Crippen molar-refractivity contribution in [2.24, 2.45) is 0 Å². The Bertz CT molecular complexity index is 901. The Labute approximate surface area is 149 Å². The first-order valence-electron chi connectivity index (χ1n) is 7.39. The molecule has 0 aromatic heterocycles. The Morgan fingerprint density at radius 3 is 2.68 bits per heavy atom. The van der Waals surface area contributed by atoms with E-state index in [1.807, 2.05) is 0 Å². The van der Waals surface area contributed by atoms with Crippen LogP contribution in [0.1, 0.15) is 6.42 Å². The summed E-state index contributed by atoms with van der Waals surface area (Å²) in [6.07, 6.45) is -0.0296. The van der Waals surface area contributed by atoms with Crippen LogP contribution in [0.4, 0.5) is 5.69 Å². The second-order valence-corrected chi connectivity index (χ2v) is 7.34. The van der Waals surface area contributed by atoms with E-state index in [4.69, 9.17) is 21.1 Å². The first-order chi connectivity index (χ1) is 12.0. The van der Waals surface area contributed by atoms with E-state index in [1.54, 1.807) is 30.3 Å². The molecule has 2 N–H and O–H groups in total. The number of ether oxygens (including phenoxy) is 2. The third-order valence-electron chi connectivity index (χ3n) is 3.43. The number of sulfonamides is 1. The van der Waals surface area contributed by atoms with E-state index in [0.29, 0.717) is 17.2 Å². The summed E-state index contributed by atoms with van der Waals surface area (Å²) in [5, 5.41) is 2.80. The van der Waals surface area contributed by atoms with Crippen LogP contribution in [0.5, 0.6) is 11.5 Å². The van der Waals surface area contributed by atoms with Crippen LogP contribution in [0.2, 0.25) is 5.02 Å². The summed E-state index contributed by atoms with van der Waals surface area (Å²) in [5.41, 5.74) is 0.545. The largest absolute Gasteiger partial charge is 0.454 e. The highest BCUT2D eigenvalue weighted by atomic mass is 35.5. The minimum Gasteiger partial charge on any atom is -0.454 e. The van der Waals surface area contributed by atoms with Gasteiger partial charge in [0, 0.05) is 24.7 Å². The molecular weight excluding hydrogens is 368 g/mol. The maximum atomic E-state index is 12.2. The van der Waals surface area contributed by atoms with Gasteiger partial charge in [-0.05, 0) is 24.3 Å². The van der Waals surface area contributed by atoms with Crippen LogP contribution in [-0.2, 0) is 14.8 Å². The van der Waals surface area contributed by atoms with E-state index < -0.39 is 10.0 Å². The second-order valence-electron chi connectivity index (χ2n) is 5.19. The summed E-state index contributed by atoms with van der Waals surface area (Å²) >= 11 is 5.88. The zero-order valence-corrected chi connectivity index (χ0v) is 14.6. The van der Waals surface area contributed by atoms with Crippen molar-refractivity contribution >= 4 is 33.2 Å². The van der Waals surface area contributed by atoms with Gasteiger partial charge >= 0.3 is 0 Å². The molecule has 0 spiro atoms. The molecular formula is C16H15ClN2O5S. The molecule has 1 aliphatic heterocycles. The highest BCUT2D eigenvalue weighted by Gasteiger charge is 2.18. The summed E-state index contributed by atoms with van der Waals surface area (Å²) in [6, 6.07) is 11.1. The Balaban J connectivity index is 1.53. The SMILES string of the molecule is O=C(CCNS(=O)(=O)c1ccccc1Cl)Nc1ccc2c(c1)OCO2. The number of benzene rings is 2. The minimum atomic E-state index is -3.77. The van der Waals surface area contributed by atoms with Gasteiger partial charge in [-0.1, -0.05) is 23.7 Å². The molecule has 1 amide bonds. The number of amides is 1. The van der Waals surface area contributed by atoms with Gasteiger partial charge in [-0.15, -0.1) is 0 Å². The Hall–Kier alpha value is -2.29. The molecule has 0 atom stereocenters. The highest BCUT2D eigenvalue weighted by molar-refractivity contribution is 7.89. The second kappa shape index (κ2) is 7.30. The molecule has 0 unspecified atom stereocenters. The third-order valence-corrected chi connectivity index (χ3v) is 5.39. The lowest BCUT2D eigenvalue weighted by Gasteiger charge is -2.09. The molecule has 0 radical (unpaired) electrons. The fraction of sp³-hybridized carbons (Fsp3) is 0.188. The van der Waals surface area contributed by atoms with Crippen LogP contribution in [0.25, 0.3) is 0 Å². The van der Waals surface area contributed by atoms with Crippen molar-refractivity contribution < 1.29 is 22.7 Å². The molecule has 0 saturated carbocycles. The molecule has 132 valence electrons. The van der Waals surface area contributed by atoms with Crippen molar-refractivity contribution in [3.8, 4) is 11.5 Å². The number of anilines is 1. The lowest BCUT2D eigenvalue weighted by molar-refractivity contribution is -0.116. The Morgan fingerprint density at radius 2 is 1.88 bits per heavy atom. The van der Waals surface area contributed by atoms with Gasteiger partial charge in [-0.3, -0.25) is 4.79 Å². The van der Waals surface area contributed by atoms with Gasteiger partial charge in [-0.25, -0.2) is 13.1 Å². The molecule has 2 aromatic carbocycles. The van der Waals surface area contributed by atoms with Crippen LogP contribution in [0.15, 0.2) is 47.4 Å².